The van der Waals surface area contributed by atoms with Crippen LogP contribution < -0.4 is 0 Å². The summed E-state index contributed by atoms with van der Waals surface area (Å²) in [6.07, 6.45) is 0.0270. The van der Waals surface area contributed by atoms with Crippen molar-refractivity contribution in [3.63, 3.8) is 0 Å². The Morgan fingerprint density at radius 3 is 2.56 bits per heavy atom. The van der Waals surface area contributed by atoms with Crippen LogP contribution in [-0.2, 0) is 15.8 Å². The predicted molar refractivity (Wildman–Crippen MR) is 61.3 cm³/mol. The second kappa shape index (κ2) is 4.53. The zero-order valence-electron chi connectivity index (χ0n) is 8.91. The molecule has 1 N–H and O–H groups in total. The Balaban J connectivity index is 2.09. The van der Waals surface area contributed by atoms with Gasteiger partial charge in [-0.25, -0.2) is 8.42 Å². The summed E-state index contributed by atoms with van der Waals surface area (Å²) >= 11 is 0. The van der Waals surface area contributed by atoms with E-state index in [-0.39, 0.29) is 12.3 Å². The number of aliphatic hydroxyl groups excluding tert-OH is 1. The van der Waals surface area contributed by atoms with E-state index in [1.807, 2.05) is 18.2 Å². The molecule has 0 saturated carbocycles. The Hall–Kier alpha value is -0.910. The lowest BCUT2D eigenvalue weighted by atomic mass is 10.2. The monoisotopic (exact) mass is 241 g/mol. The number of rotatable bonds is 3. The highest BCUT2D eigenvalue weighted by molar-refractivity contribution is 7.88. The van der Waals surface area contributed by atoms with Crippen LogP contribution in [0, 0.1) is 0 Å². The third kappa shape index (κ3) is 2.61. The van der Waals surface area contributed by atoms with Gasteiger partial charge < -0.3 is 5.11 Å². The van der Waals surface area contributed by atoms with E-state index in [9.17, 15) is 13.5 Å². The molecule has 0 bridgehead atoms. The van der Waals surface area contributed by atoms with E-state index in [0.717, 1.165) is 5.56 Å². The minimum atomic E-state index is -3.27. The van der Waals surface area contributed by atoms with Gasteiger partial charge in [-0.2, -0.15) is 4.31 Å². The molecule has 1 atom stereocenters. The van der Waals surface area contributed by atoms with E-state index in [0.29, 0.717) is 13.0 Å². The summed E-state index contributed by atoms with van der Waals surface area (Å²) in [6, 6.07) is 9.09. The lowest BCUT2D eigenvalue weighted by Gasteiger charge is -2.15. The highest BCUT2D eigenvalue weighted by Crippen LogP contribution is 2.17. The molecule has 1 aliphatic rings. The number of hydrogen-bond acceptors (Lipinski definition) is 3. The maximum atomic E-state index is 12.0. The summed E-state index contributed by atoms with van der Waals surface area (Å²) in [5, 5.41) is 9.32. The molecule has 0 aliphatic carbocycles. The number of sulfonamides is 1. The lowest BCUT2D eigenvalue weighted by Crippen LogP contribution is -2.30. The van der Waals surface area contributed by atoms with E-state index in [4.69, 9.17) is 0 Å². The highest BCUT2D eigenvalue weighted by Gasteiger charge is 2.30. The summed E-state index contributed by atoms with van der Waals surface area (Å²) in [4.78, 5) is 0. The number of β-amino-alcohol motifs (C(OH)–C–C–N with tert-alkyl or cyclic N) is 1. The van der Waals surface area contributed by atoms with E-state index in [1.165, 1.54) is 4.31 Å². The van der Waals surface area contributed by atoms with Crippen LogP contribution in [-0.4, -0.2) is 37.0 Å². The minimum Gasteiger partial charge on any atom is -0.392 e. The van der Waals surface area contributed by atoms with Gasteiger partial charge in [-0.05, 0) is 12.0 Å². The van der Waals surface area contributed by atoms with Gasteiger partial charge in [-0.15, -0.1) is 0 Å². The fourth-order valence-electron chi connectivity index (χ4n) is 1.84. The smallest absolute Gasteiger partial charge is 0.218 e. The maximum absolute atomic E-state index is 12.0. The third-order valence-electron chi connectivity index (χ3n) is 2.71. The van der Waals surface area contributed by atoms with Crippen molar-refractivity contribution in [3.8, 4) is 0 Å². The molecule has 1 aromatic carbocycles. The third-order valence-corrected chi connectivity index (χ3v) is 4.53. The lowest BCUT2D eigenvalue weighted by molar-refractivity contribution is 0.189. The average Bonchev–Trinajstić information content (AvgIpc) is 2.66. The molecular formula is C11H15NO3S. The molecule has 1 aliphatic heterocycles. The second-order valence-electron chi connectivity index (χ2n) is 4.04. The van der Waals surface area contributed by atoms with Crippen LogP contribution in [0.5, 0.6) is 0 Å². The van der Waals surface area contributed by atoms with Crippen molar-refractivity contribution < 1.29 is 13.5 Å². The van der Waals surface area contributed by atoms with Crippen molar-refractivity contribution in [1.82, 2.24) is 4.31 Å². The summed E-state index contributed by atoms with van der Waals surface area (Å²) in [5.41, 5.74) is 0.781. The molecule has 1 aromatic rings. The molecule has 0 amide bonds. The Morgan fingerprint density at radius 1 is 1.31 bits per heavy atom. The van der Waals surface area contributed by atoms with E-state index < -0.39 is 16.1 Å². The van der Waals surface area contributed by atoms with Crippen LogP contribution >= 0.6 is 0 Å². The van der Waals surface area contributed by atoms with Crippen LogP contribution in [0.3, 0.4) is 0 Å². The van der Waals surface area contributed by atoms with Gasteiger partial charge in [-0.1, -0.05) is 30.3 Å². The summed E-state index contributed by atoms with van der Waals surface area (Å²) in [7, 11) is -3.27. The van der Waals surface area contributed by atoms with Crippen molar-refractivity contribution in [2.24, 2.45) is 0 Å². The molecule has 1 saturated heterocycles. The normalized spacial score (nSPS) is 22.4. The van der Waals surface area contributed by atoms with Gasteiger partial charge in [0.1, 0.15) is 0 Å². The van der Waals surface area contributed by atoms with Gasteiger partial charge in [-0.3, -0.25) is 0 Å². The van der Waals surface area contributed by atoms with Gasteiger partial charge >= 0.3 is 0 Å². The van der Waals surface area contributed by atoms with Crippen molar-refractivity contribution >= 4 is 10.0 Å². The first-order valence-corrected chi connectivity index (χ1v) is 6.89. The largest absolute Gasteiger partial charge is 0.392 e. The SMILES string of the molecule is O=S(=O)(Cc1ccccc1)N1CCC(O)C1. The first-order chi connectivity index (χ1) is 7.58. The molecule has 0 spiro atoms. The average molecular weight is 241 g/mol. The molecule has 4 nitrogen and oxygen atoms in total. The molecule has 1 fully saturated rings. The van der Waals surface area contributed by atoms with Crippen molar-refractivity contribution in [2.45, 2.75) is 18.3 Å². The Labute approximate surface area is 95.6 Å². The van der Waals surface area contributed by atoms with E-state index >= 15 is 0 Å². The fraction of sp³-hybridized carbons (Fsp3) is 0.455. The fourth-order valence-corrected chi connectivity index (χ4v) is 3.42. The van der Waals surface area contributed by atoms with Gasteiger partial charge in [0.25, 0.3) is 0 Å². The highest BCUT2D eigenvalue weighted by atomic mass is 32.2. The second-order valence-corrected chi connectivity index (χ2v) is 6.01. The number of aliphatic hydroxyl groups is 1. The number of benzene rings is 1. The van der Waals surface area contributed by atoms with Gasteiger partial charge in [0, 0.05) is 13.1 Å². The van der Waals surface area contributed by atoms with Crippen molar-refractivity contribution in [3.05, 3.63) is 35.9 Å². The van der Waals surface area contributed by atoms with Crippen LogP contribution in [0.4, 0.5) is 0 Å². The van der Waals surface area contributed by atoms with Crippen LogP contribution in [0.1, 0.15) is 12.0 Å². The Morgan fingerprint density at radius 2 is 2.00 bits per heavy atom. The van der Waals surface area contributed by atoms with Gasteiger partial charge in [0.2, 0.25) is 10.0 Å². The molecular weight excluding hydrogens is 226 g/mol. The Bertz CT molecular complexity index is 444. The first-order valence-electron chi connectivity index (χ1n) is 5.28. The number of nitrogens with zero attached hydrogens (tertiary/aromatic N) is 1. The molecule has 88 valence electrons. The standard InChI is InChI=1S/C11H15NO3S/c13-11-6-7-12(8-11)16(14,15)9-10-4-2-1-3-5-10/h1-5,11,13H,6-9H2. The molecule has 0 radical (unpaired) electrons. The Kier molecular flexibility index (Phi) is 3.28. The molecule has 1 unspecified atom stereocenters. The topological polar surface area (TPSA) is 57.6 Å². The van der Waals surface area contributed by atoms with E-state index in [1.54, 1.807) is 12.1 Å². The zero-order chi connectivity index (χ0) is 11.6. The summed E-state index contributed by atoms with van der Waals surface area (Å²) in [6.45, 7) is 0.658. The summed E-state index contributed by atoms with van der Waals surface area (Å²) < 4.78 is 25.3. The summed E-state index contributed by atoms with van der Waals surface area (Å²) in [5.74, 6) is 0.0144. The molecule has 2 rings (SSSR count). The minimum absolute atomic E-state index is 0.0144. The first kappa shape index (κ1) is 11.6. The van der Waals surface area contributed by atoms with Gasteiger partial charge in [0.05, 0.1) is 11.9 Å². The van der Waals surface area contributed by atoms with Crippen LogP contribution in [0.2, 0.25) is 0 Å². The molecule has 5 heteroatoms. The molecule has 0 aromatic heterocycles. The predicted octanol–water partition coefficient (Wildman–Crippen LogP) is 0.583. The van der Waals surface area contributed by atoms with Crippen molar-refractivity contribution in [2.75, 3.05) is 13.1 Å². The maximum Gasteiger partial charge on any atom is 0.218 e. The van der Waals surface area contributed by atoms with Crippen molar-refractivity contribution in [1.29, 1.82) is 0 Å². The van der Waals surface area contributed by atoms with Gasteiger partial charge in [0.15, 0.2) is 0 Å². The quantitative estimate of drug-likeness (QED) is 0.842. The number of hydrogen-bond donors (Lipinski definition) is 1. The zero-order valence-corrected chi connectivity index (χ0v) is 9.73. The van der Waals surface area contributed by atoms with Crippen LogP contribution in [0.25, 0.3) is 0 Å². The molecule has 1 heterocycles. The van der Waals surface area contributed by atoms with Crippen LogP contribution in [0.15, 0.2) is 30.3 Å². The molecule has 16 heavy (non-hydrogen) atoms. The van der Waals surface area contributed by atoms with E-state index in [2.05, 4.69) is 0 Å².